The van der Waals surface area contributed by atoms with E-state index in [1.54, 1.807) is 6.07 Å². The molecule has 1 fully saturated rings. The number of likely N-dealkylation sites (N-methyl/N-ethyl adjacent to an activating group) is 1. The van der Waals surface area contributed by atoms with Crippen LogP contribution in [0.3, 0.4) is 0 Å². The summed E-state index contributed by atoms with van der Waals surface area (Å²) in [5, 5.41) is 12.5. The minimum Gasteiger partial charge on any atom is -0.508 e. The molecule has 2 unspecified atom stereocenters. The van der Waals surface area contributed by atoms with Crippen LogP contribution in [0.15, 0.2) is 36.4 Å². The van der Waals surface area contributed by atoms with Crippen LogP contribution in [0.25, 0.3) is 10.8 Å². The van der Waals surface area contributed by atoms with Crippen LogP contribution < -0.4 is 0 Å². The van der Waals surface area contributed by atoms with Gasteiger partial charge in [0.15, 0.2) is 0 Å². The Morgan fingerprint density at radius 3 is 2.80 bits per heavy atom. The standard InChI is InChI=1S/C17H21NO2/c1-12-16(9-10-20-12)18(2)11-15-14-6-4-3-5-13(14)7-8-17(15)19/h3-8,12,16,19H,9-11H2,1-2H3. The average Bonchev–Trinajstić information content (AvgIpc) is 2.88. The van der Waals surface area contributed by atoms with E-state index in [2.05, 4.69) is 31.0 Å². The van der Waals surface area contributed by atoms with Gasteiger partial charge in [-0.1, -0.05) is 30.3 Å². The number of nitrogens with zero attached hydrogens (tertiary/aromatic N) is 1. The molecular weight excluding hydrogens is 250 g/mol. The third-order valence-electron chi connectivity index (χ3n) is 4.33. The lowest BCUT2D eigenvalue weighted by Crippen LogP contribution is -2.36. The summed E-state index contributed by atoms with van der Waals surface area (Å²) in [6, 6.07) is 12.4. The Hall–Kier alpha value is -1.58. The van der Waals surface area contributed by atoms with Gasteiger partial charge in [-0.2, -0.15) is 0 Å². The first-order valence-electron chi connectivity index (χ1n) is 7.18. The lowest BCUT2D eigenvalue weighted by atomic mass is 10.0. The second kappa shape index (κ2) is 5.43. The molecule has 1 saturated heterocycles. The molecule has 0 radical (unpaired) electrons. The molecule has 0 saturated carbocycles. The van der Waals surface area contributed by atoms with Gasteiger partial charge in [0.2, 0.25) is 0 Å². The molecule has 3 nitrogen and oxygen atoms in total. The summed E-state index contributed by atoms with van der Waals surface area (Å²) in [6.45, 7) is 3.69. The van der Waals surface area contributed by atoms with E-state index in [1.807, 2.05) is 18.2 Å². The van der Waals surface area contributed by atoms with Crippen molar-refractivity contribution in [2.45, 2.75) is 32.0 Å². The molecule has 0 aromatic heterocycles. The Bertz CT molecular complexity index is 611. The van der Waals surface area contributed by atoms with Crippen LogP contribution in [0, 0.1) is 0 Å². The highest BCUT2D eigenvalue weighted by atomic mass is 16.5. The summed E-state index contributed by atoms with van der Waals surface area (Å²) < 4.78 is 5.64. The maximum Gasteiger partial charge on any atom is 0.120 e. The van der Waals surface area contributed by atoms with Crippen molar-refractivity contribution >= 4 is 10.8 Å². The molecule has 2 aromatic carbocycles. The van der Waals surface area contributed by atoms with E-state index in [4.69, 9.17) is 4.74 Å². The number of ether oxygens (including phenoxy) is 1. The SMILES string of the molecule is CC1OCCC1N(C)Cc1c(O)ccc2ccccc12. The van der Waals surface area contributed by atoms with Gasteiger partial charge in [0.1, 0.15) is 5.75 Å². The summed E-state index contributed by atoms with van der Waals surface area (Å²) in [6.07, 6.45) is 1.32. The highest BCUT2D eigenvalue weighted by Gasteiger charge is 2.28. The van der Waals surface area contributed by atoms with E-state index < -0.39 is 0 Å². The minimum atomic E-state index is 0.261. The molecule has 1 heterocycles. The molecule has 106 valence electrons. The van der Waals surface area contributed by atoms with E-state index in [0.717, 1.165) is 30.5 Å². The number of phenolic OH excluding ortho intramolecular Hbond substituents is 1. The molecule has 0 bridgehead atoms. The fraction of sp³-hybridized carbons (Fsp3) is 0.412. The molecule has 0 amide bonds. The molecule has 0 aliphatic carbocycles. The van der Waals surface area contributed by atoms with Gasteiger partial charge >= 0.3 is 0 Å². The largest absolute Gasteiger partial charge is 0.508 e. The van der Waals surface area contributed by atoms with E-state index in [-0.39, 0.29) is 6.10 Å². The van der Waals surface area contributed by atoms with Gasteiger partial charge in [-0.15, -0.1) is 0 Å². The molecular formula is C17H21NO2. The first-order valence-corrected chi connectivity index (χ1v) is 7.18. The summed E-state index contributed by atoms with van der Waals surface area (Å²) >= 11 is 0. The van der Waals surface area contributed by atoms with Gasteiger partial charge in [-0.3, -0.25) is 4.90 Å². The molecule has 1 N–H and O–H groups in total. The Morgan fingerprint density at radius 2 is 2.05 bits per heavy atom. The highest BCUT2D eigenvalue weighted by molar-refractivity contribution is 5.87. The Kier molecular flexibility index (Phi) is 3.64. The summed E-state index contributed by atoms with van der Waals surface area (Å²) in [7, 11) is 2.11. The van der Waals surface area contributed by atoms with Crippen LogP contribution in [-0.2, 0) is 11.3 Å². The number of benzene rings is 2. The van der Waals surface area contributed by atoms with Crippen LogP contribution in [0.5, 0.6) is 5.75 Å². The lowest BCUT2D eigenvalue weighted by molar-refractivity contribution is 0.0813. The van der Waals surface area contributed by atoms with Crippen LogP contribution in [0.1, 0.15) is 18.9 Å². The van der Waals surface area contributed by atoms with Crippen molar-refractivity contribution in [2.75, 3.05) is 13.7 Å². The predicted octanol–water partition coefficient (Wildman–Crippen LogP) is 3.15. The number of phenols is 1. The van der Waals surface area contributed by atoms with Crippen molar-refractivity contribution in [3.63, 3.8) is 0 Å². The molecule has 0 spiro atoms. The first kappa shape index (κ1) is 13.4. The van der Waals surface area contributed by atoms with E-state index in [9.17, 15) is 5.11 Å². The van der Waals surface area contributed by atoms with Crippen LogP contribution in [0.4, 0.5) is 0 Å². The van der Waals surface area contributed by atoms with E-state index >= 15 is 0 Å². The maximum atomic E-state index is 10.2. The number of aromatic hydroxyl groups is 1. The van der Waals surface area contributed by atoms with E-state index in [0.29, 0.717) is 11.8 Å². The maximum absolute atomic E-state index is 10.2. The molecule has 20 heavy (non-hydrogen) atoms. The zero-order chi connectivity index (χ0) is 14.1. The number of hydrogen-bond acceptors (Lipinski definition) is 3. The predicted molar refractivity (Wildman–Crippen MR) is 80.9 cm³/mol. The second-order valence-electron chi connectivity index (χ2n) is 5.63. The molecule has 2 aromatic rings. The van der Waals surface area contributed by atoms with Gasteiger partial charge in [-0.25, -0.2) is 0 Å². The first-order chi connectivity index (χ1) is 9.66. The molecule has 2 atom stereocenters. The van der Waals surface area contributed by atoms with Crippen LogP contribution in [-0.4, -0.2) is 35.8 Å². The average molecular weight is 271 g/mol. The molecule has 1 aliphatic rings. The Balaban J connectivity index is 1.92. The quantitative estimate of drug-likeness (QED) is 0.930. The molecule has 1 aliphatic heterocycles. The Labute approximate surface area is 119 Å². The number of fused-ring (bicyclic) bond motifs is 1. The zero-order valence-electron chi connectivity index (χ0n) is 12.0. The minimum absolute atomic E-state index is 0.261. The number of hydrogen-bond donors (Lipinski definition) is 1. The monoisotopic (exact) mass is 271 g/mol. The van der Waals surface area contributed by atoms with Crippen molar-refractivity contribution in [1.29, 1.82) is 0 Å². The van der Waals surface area contributed by atoms with Crippen molar-refractivity contribution < 1.29 is 9.84 Å². The van der Waals surface area contributed by atoms with Gasteiger partial charge in [0, 0.05) is 24.8 Å². The van der Waals surface area contributed by atoms with Gasteiger partial charge in [0.05, 0.1) is 6.10 Å². The van der Waals surface area contributed by atoms with Gasteiger partial charge in [-0.05, 0) is 37.2 Å². The smallest absolute Gasteiger partial charge is 0.120 e. The molecule has 3 rings (SSSR count). The van der Waals surface area contributed by atoms with Crippen molar-refractivity contribution in [3.8, 4) is 5.75 Å². The third kappa shape index (κ3) is 2.39. The Morgan fingerprint density at radius 1 is 1.25 bits per heavy atom. The molecule has 3 heteroatoms. The van der Waals surface area contributed by atoms with Crippen LogP contribution in [0.2, 0.25) is 0 Å². The van der Waals surface area contributed by atoms with Crippen molar-refractivity contribution in [1.82, 2.24) is 4.90 Å². The highest BCUT2D eigenvalue weighted by Crippen LogP contribution is 2.29. The van der Waals surface area contributed by atoms with Crippen LogP contribution >= 0.6 is 0 Å². The summed E-state index contributed by atoms with van der Waals surface area (Å²) in [5.74, 6) is 0.377. The summed E-state index contributed by atoms with van der Waals surface area (Å²) in [4.78, 5) is 2.29. The second-order valence-corrected chi connectivity index (χ2v) is 5.63. The normalized spacial score (nSPS) is 22.8. The van der Waals surface area contributed by atoms with Crippen molar-refractivity contribution in [2.24, 2.45) is 0 Å². The third-order valence-corrected chi connectivity index (χ3v) is 4.33. The van der Waals surface area contributed by atoms with Gasteiger partial charge in [0.25, 0.3) is 0 Å². The zero-order valence-corrected chi connectivity index (χ0v) is 12.0. The van der Waals surface area contributed by atoms with Gasteiger partial charge < -0.3 is 9.84 Å². The number of rotatable bonds is 3. The topological polar surface area (TPSA) is 32.7 Å². The van der Waals surface area contributed by atoms with E-state index in [1.165, 1.54) is 5.39 Å². The lowest BCUT2D eigenvalue weighted by Gasteiger charge is -2.27. The fourth-order valence-corrected chi connectivity index (χ4v) is 3.16. The van der Waals surface area contributed by atoms with Crippen molar-refractivity contribution in [3.05, 3.63) is 42.0 Å². The fourth-order valence-electron chi connectivity index (χ4n) is 3.16. The summed E-state index contributed by atoms with van der Waals surface area (Å²) in [5.41, 5.74) is 1.00.